The highest BCUT2D eigenvalue weighted by Crippen LogP contribution is 2.49. The minimum atomic E-state index is -1.55. The van der Waals surface area contributed by atoms with Gasteiger partial charge in [-0.05, 0) is 49.2 Å². The molecule has 2 fully saturated rings. The van der Waals surface area contributed by atoms with Crippen molar-refractivity contribution < 1.29 is 23.9 Å². The van der Waals surface area contributed by atoms with Gasteiger partial charge in [-0.2, -0.15) is 0 Å². The average Bonchev–Trinajstić information content (AvgIpc) is 3.54. The molecule has 1 saturated heterocycles. The van der Waals surface area contributed by atoms with E-state index in [1.165, 1.54) is 9.80 Å². The molecule has 31 heavy (non-hydrogen) atoms. The predicted octanol–water partition coefficient (Wildman–Crippen LogP) is 3.21. The molecule has 2 aliphatic heterocycles. The van der Waals surface area contributed by atoms with E-state index in [-0.39, 0.29) is 30.7 Å². The molecule has 8 heteroatoms. The molecule has 2 aromatic carbocycles. The number of ketones is 1. The van der Waals surface area contributed by atoms with Gasteiger partial charge in [-0.25, -0.2) is 4.79 Å². The van der Waals surface area contributed by atoms with Crippen LogP contribution >= 0.6 is 11.6 Å². The van der Waals surface area contributed by atoms with Crippen LogP contribution in [0.4, 0.5) is 5.69 Å². The number of nitrogens with zero attached hydrogens (tertiary/aromatic N) is 2. The molecular formula is C23H19ClN2O5. The third-order valence-electron chi connectivity index (χ3n) is 6.04. The minimum absolute atomic E-state index is 0.116. The molecule has 1 aliphatic carbocycles. The number of ether oxygens (including phenoxy) is 1. The zero-order valence-electron chi connectivity index (χ0n) is 16.5. The van der Waals surface area contributed by atoms with Crippen LogP contribution in [0, 0.1) is 0 Å². The summed E-state index contributed by atoms with van der Waals surface area (Å²) in [5.41, 5.74) is -0.388. The Kier molecular flexibility index (Phi) is 4.59. The van der Waals surface area contributed by atoms with E-state index in [2.05, 4.69) is 0 Å². The van der Waals surface area contributed by atoms with Crippen molar-refractivity contribution in [2.75, 3.05) is 11.5 Å². The second kappa shape index (κ2) is 7.20. The first-order chi connectivity index (χ1) is 14.9. The number of hydrogen-bond acceptors (Lipinski definition) is 5. The molecule has 2 heterocycles. The average molecular weight is 439 g/mol. The van der Waals surface area contributed by atoms with Crippen LogP contribution in [0.25, 0.3) is 0 Å². The fourth-order valence-corrected chi connectivity index (χ4v) is 4.60. The number of hydrogen-bond donors (Lipinski definition) is 0. The second-order valence-electron chi connectivity index (χ2n) is 7.98. The number of esters is 1. The van der Waals surface area contributed by atoms with Gasteiger partial charge in [0.2, 0.25) is 11.6 Å². The first kappa shape index (κ1) is 19.8. The zero-order chi connectivity index (χ0) is 21.8. The number of rotatable bonds is 5. The Labute approximate surface area is 183 Å². The Balaban J connectivity index is 1.48. The number of carbonyl (C=O) groups excluding carboxylic acids is 4. The lowest BCUT2D eigenvalue weighted by molar-refractivity contribution is -0.156. The monoisotopic (exact) mass is 438 g/mol. The highest BCUT2D eigenvalue weighted by Gasteiger charge is 2.64. The molecule has 5 rings (SSSR count). The van der Waals surface area contributed by atoms with Gasteiger partial charge in [0.25, 0.3) is 5.91 Å². The van der Waals surface area contributed by atoms with Crippen LogP contribution in [0.5, 0.6) is 0 Å². The number of para-hydroxylation sites is 1. The van der Waals surface area contributed by atoms with E-state index in [0.717, 1.165) is 12.8 Å². The highest BCUT2D eigenvalue weighted by molar-refractivity contribution is 6.30. The summed E-state index contributed by atoms with van der Waals surface area (Å²) in [4.78, 5) is 55.1. The van der Waals surface area contributed by atoms with Crippen LogP contribution in [0.1, 0.15) is 46.4 Å². The van der Waals surface area contributed by atoms with Crippen LogP contribution in [0.15, 0.2) is 48.5 Å². The maximum atomic E-state index is 13.5. The third-order valence-corrected chi connectivity index (χ3v) is 6.29. The van der Waals surface area contributed by atoms with Crippen molar-refractivity contribution in [2.45, 2.75) is 37.4 Å². The quantitative estimate of drug-likeness (QED) is 0.528. The number of amides is 2. The first-order valence-corrected chi connectivity index (χ1v) is 10.5. The van der Waals surface area contributed by atoms with Crippen molar-refractivity contribution in [1.29, 1.82) is 0 Å². The lowest BCUT2D eigenvalue weighted by Gasteiger charge is -2.48. The summed E-state index contributed by atoms with van der Waals surface area (Å²) in [6.07, 6.45) is 1.77. The molecule has 0 spiro atoms. The molecule has 1 saturated carbocycles. The molecule has 2 aromatic rings. The van der Waals surface area contributed by atoms with Gasteiger partial charge in [-0.3, -0.25) is 19.3 Å². The van der Waals surface area contributed by atoms with Crippen LogP contribution in [-0.2, 0) is 14.3 Å². The number of carbonyl (C=O) groups is 4. The van der Waals surface area contributed by atoms with Gasteiger partial charge in [0.1, 0.15) is 0 Å². The molecule has 0 aromatic heterocycles. The number of Topliss-reactive ketones (excluding diaryl/α,β-unsaturated/α-hetero) is 1. The summed E-state index contributed by atoms with van der Waals surface area (Å²) in [6.45, 7) is -0.488. The molecule has 158 valence electrons. The molecule has 7 nitrogen and oxygen atoms in total. The smallest absolute Gasteiger partial charge is 0.354 e. The van der Waals surface area contributed by atoms with E-state index in [9.17, 15) is 19.2 Å². The summed E-state index contributed by atoms with van der Waals surface area (Å²) in [7, 11) is 0. The second-order valence-corrected chi connectivity index (χ2v) is 8.41. The van der Waals surface area contributed by atoms with E-state index in [0.29, 0.717) is 21.8 Å². The third kappa shape index (κ3) is 3.03. The van der Waals surface area contributed by atoms with Gasteiger partial charge in [-0.1, -0.05) is 23.7 Å². The molecule has 1 atom stereocenters. The number of fused-ring (bicyclic) bond motifs is 3. The Morgan fingerprint density at radius 2 is 1.77 bits per heavy atom. The van der Waals surface area contributed by atoms with Gasteiger partial charge < -0.3 is 9.64 Å². The molecule has 3 aliphatic rings. The SMILES string of the molecule is O=C(COC(=O)C12CCC(=O)N1c1ccccc1C(=O)N2C1CC1)c1ccc(Cl)cc1. The molecule has 0 radical (unpaired) electrons. The fraction of sp³-hybridized carbons (Fsp3) is 0.304. The predicted molar refractivity (Wildman–Crippen MR) is 112 cm³/mol. The lowest BCUT2D eigenvalue weighted by atomic mass is 9.96. The van der Waals surface area contributed by atoms with E-state index < -0.39 is 24.0 Å². The molecule has 2 amide bonds. The highest BCUT2D eigenvalue weighted by atomic mass is 35.5. The van der Waals surface area contributed by atoms with Gasteiger partial charge >= 0.3 is 5.97 Å². The van der Waals surface area contributed by atoms with E-state index >= 15 is 0 Å². The maximum absolute atomic E-state index is 13.5. The summed E-state index contributed by atoms with van der Waals surface area (Å²) >= 11 is 5.85. The zero-order valence-corrected chi connectivity index (χ0v) is 17.3. The van der Waals surface area contributed by atoms with Gasteiger partial charge in [-0.15, -0.1) is 0 Å². The Hall–Kier alpha value is -3.19. The summed E-state index contributed by atoms with van der Waals surface area (Å²) in [5.74, 6) is -1.68. The van der Waals surface area contributed by atoms with Crippen molar-refractivity contribution in [2.24, 2.45) is 0 Å². The number of halogens is 1. The maximum Gasteiger partial charge on any atom is 0.354 e. The fourth-order valence-electron chi connectivity index (χ4n) is 4.48. The minimum Gasteiger partial charge on any atom is -0.454 e. The van der Waals surface area contributed by atoms with Gasteiger partial charge in [0.05, 0.1) is 11.3 Å². The molecular weight excluding hydrogens is 420 g/mol. The normalized spacial score (nSPS) is 22.2. The molecule has 0 N–H and O–H groups in total. The lowest BCUT2D eigenvalue weighted by Crippen LogP contribution is -2.69. The first-order valence-electron chi connectivity index (χ1n) is 10.2. The Morgan fingerprint density at radius 3 is 2.48 bits per heavy atom. The number of benzene rings is 2. The van der Waals surface area contributed by atoms with E-state index in [1.54, 1.807) is 48.5 Å². The summed E-state index contributed by atoms with van der Waals surface area (Å²) in [5, 5.41) is 0.493. The van der Waals surface area contributed by atoms with Crippen LogP contribution in [0.2, 0.25) is 5.02 Å². The Bertz CT molecular complexity index is 1110. The number of anilines is 1. The van der Waals surface area contributed by atoms with Crippen molar-refractivity contribution >= 4 is 40.9 Å². The van der Waals surface area contributed by atoms with Gasteiger partial charge in [0.15, 0.2) is 12.4 Å². The summed E-state index contributed by atoms with van der Waals surface area (Å²) in [6, 6.07) is 12.9. The van der Waals surface area contributed by atoms with Crippen molar-refractivity contribution in [3.05, 3.63) is 64.7 Å². The van der Waals surface area contributed by atoms with Crippen LogP contribution in [-0.4, -0.2) is 46.8 Å². The van der Waals surface area contributed by atoms with Crippen molar-refractivity contribution in [3.63, 3.8) is 0 Å². The topological polar surface area (TPSA) is 84.0 Å². The largest absolute Gasteiger partial charge is 0.454 e. The van der Waals surface area contributed by atoms with Crippen LogP contribution in [0.3, 0.4) is 0 Å². The van der Waals surface area contributed by atoms with Crippen molar-refractivity contribution in [3.8, 4) is 0 Å². The Morgan fingerprint density at radius 1 is 1.06 bits per heavy atom. The molecule has 1 unspecified atom stereocenters. The van der Waals surface area contributed by atoms with Gasteiger partial charge in [0, 0.05) is 29.5 Å². The van der Waals surface area contributed by atoms with Crippen LogP contribution < -0.4 is 4.90 Å². The molecule has 0 bridgehead atoms. The van der Waals surface area contributed by atoms with Crippen molar-refractivity contribution in [1.82, 2.24) is 4.90 Å². The standard InChI is InChI=1S/C23H19ClN2O5/c24-15-7-5-14(6-8-15)19(27)13-31-22(30)23-12-11-20(28)26(23)18-4-2-1-3-17(18)21(29)25(23)16-9-10-16/h1-8,16H,9-13H2. The van der Waals surface area contributed by atoms with E-state index in [4.69, 9.17) is 16.3 Å². The van der Waals surface area contributed by atoms with E-state index in [1.807, 2.05) is 0 Å². The summed E-state index contributed by atoms with van der Waals surface area (Å²) < 4.78 is 5.44.